The Morgan fingerprint density at radius 1 is 0.634 bits per heavy atom. The van der Waals surface area contributed by atoms with Gasteiger partial charge < -0.3 is 19.7 Å². The zero-order valence-corrected chi connectivity index (χ0v) is 27.7. The minimum atomic E-state index is -0.603. The second-order valence-corrected chi connectivity index (χ2v) is 14.8. The first-order chi connectivity index (χ1) is 18.6. The molecular weight excluding hydrogens is 528 g/mol. The molecule has 0 aromatic carbocycles. The Balaban J connectivity index is 1.84. The minimum Gasteiger partial charge on any atom is -0.462 e. The molecule has 0 aromatic rings. The Hall–Kier alpha value is -1.30. The third-order valence-corrected chi connectivity index (χ3v) is 8.37. The van der Waals surface area contributed by atoms with Crippen LogP contribution in [0.1, 0.15) is 128 Å². The molecular formula is C31H58N2O8. The highest BCUT2D eigenvalue weighted by molar-refractivity contribution is 5.72. The van der Waals surface area contributed by atoms with Gasteiger partial charge in [-0.15, -0.1) is 0 Å². The van der Waals surface area contributed by atoms with Crippen LogP contribution >= 0.6 is 0 Å². The summed E-state index contributed by atoms with van der Waals surface area (Å²) >= 11 is 0. The van der Waals surface area contributed by atoms with E-state index < -0.39 is 34.4 Å². The second-order valence-electron chi connectivity index (χ2n) is 14.8. The van der Waals surface area contributed by atoms with Crippen molar-refractivity contribution in [2.24, 2.45) is 0 Å². The molecule has 4 atom stereocenters. The predicted molar refractivity (Wildman–Crippen MR) is 157 cm³/mol. The Kier molecular flexibility index (Phi) is 11.9. The quantitative estimate of drug-likeness (QED) is 0.312. The van der Waals surface area contributed by atoms with Gasteiger partial charge in [-0.25, -0.2) is 0 Å². The molecule has 0 spiro atoms. The lowest BCUT2D eigenvalue weighted by atomic mass is 9.80. The number of hydroxylamine groups is 4. The fourth-order valence-electron chi connectivity index (χ4n) is 6.46. The van der Waals surface area contributed by atoms with Gasteiger partial charge in [-0.3, -0.25) is 19.3 Å². The third-order valence-electron chi connectivity index (χ3n) is 8.37. The second kappa shape index (κ2) is 13.6. The summed E-state index contributed by atoms with van der Waals surface area (Å²) in [6.07, 6.45) is 0.583. The molecule has 0 bridgehead atoms. The Morgan fingerprint density at radius 3 is 1.15 bits per heavy atom. The van der Waals surface area contributed by atoms with Crippen molar-refractivity contribution in [2.45, 2.75) is 187 Å². The van der Waals surface area contributed by atoms with Gasteiger partial charge in [0.2, 0.25) is 0 Å². The third kappa shape index (κ3) is 9.86. The molecule has 0 radical (unpaired) electrons. The van der Waals surface area contributed by atoms with Gasteiger partial charge in [-0.2, -0.15) is 10.1 Å². The van der Waals surface area contributed by atoms with Crippen molar-refractivity contribution in [1.29, 1.82) is 0 Å². The summed E-state index contributed by atoms with van der Waals surface area (Å²) in [5.41, 5.74) is -1.63. The van der Waals surface area contributed by atoms with Crippen LogP contribution in [0.5, 0.6) is 0 Å². The number of carbonyl (C=O) groups is 2. The van der Waals surface area contributed by atoms with Crippen LogP contribution in [0.15, 0.2) is 0 Å². The van der Waals surface area contributed by atoms with Gasteiger partial charge >= 0.3 is 11.9 Å². The lowest BCUT2D eigenvalue weighted by Gasteiger charge is -2.54. The fourth-order valence-corrected chi connectivity index (χ4v) is 6.46. The maximum Gasteiger partial charge on any atom is 0.306 e. The molecule has 2 fully saturated rings. The number of nitrogens with zero attached hydrogens (tertiary/aromatic N) is 2. The molecule has 10 heteroatoms. The largest absolute Gasteiger partial charge is 0.462 e. The predicted octanol–water partition coefficient (Wildman–Crippen LogP) is 4.69. The van der Waals surface area contributed by atoms with Crippen LogP contribution in [-0.4, -0.2) is 91.1 Å². The van der Waals surface area contributed by atoms with E-state index in [9.17, 15) is 19.8 Å². The monoisotopic (exact) mass is 586 g/mol. The van der Waals surface area contributed by atoms with Crippen LogP contribution in [0.4, 0.5) is 0 Å². The summed E-state index contributed by atoms with van der Waals surface area (Å²) in [7, 11) is 0. The number of aliphatic hydroxyl groups is 2. The molecule has 2 aliphatic rings. The zero-order chi connectivity index (χ0) is 31.6. The first-order valence-corrected chi connectivity index (χ1v) is 15.3. The summed E-state index contributed by atoms with van der Waals surface area (Å²) in [6.45, 7) is 23.5. The van der Waals surface area contributed by atoms with Crippen molar-refractivity contribution in [2.75, 3.05) is 0 Å². The van der Waals surface area contributed by atoms with Gasteiger partial charge in [-0.05, 0) is 89.5 Å². The Bertz CT molecular complexity index is 779. The van der Waals surface area contributed by atoms with E-state index >= 15 is 0 Å². The molecule has 2 saturated heterocycles. The lowest BCUT2D eigenvalue weighted by molar-refractivity contribution is -0.321. The number of ether oxygens (including phenoxy) is 2. The highest BCUT2D eigenvalue weighted by atomic mass is 16.7. The van der Waals surface area contributed by atoms with E-state index in [2.05, 4.69) is 0 Å². The SMILES string of the molecule is CC(O)C(C)ON1C(C)(C)CC(OC(=O)CCCC(=O)OC2CC(C)(C)N(OC(C)C(C)O)C(C)(C)C2)CC1(C)C. The molecule has 240 valence electrons. The number of esters is 2. The van der Waals surface area contributed by atoms with E-state index in [1.807, 2.05) is 79.4 Å². The zero-order valence-electron chi connectivity index (χ0n) is 27.7. The smallest absolute Gasteiger partial charge is 0.306 e. The topological polar surface area (TPSA) is 118 Å². The van der Waals surface area contributed by atoms with Crippen LogP contribution in [0.25, 0.3) is 0 Å². The standard InChI is InChI=1S/C31H58N2O8/c1-20(34)22(3)40-32-28(5,6)16-24(17-29(32,7)8)38-26(36)14-13-15-27(37)39-25-18-30(9,10)33(31(11,12)19-25)41-23(4)21(2)35/h20-25,34-35H,13-19H2,1-12H3. The molecule has 2 rings (SSSR count). The number of carbonyl (C=O) groups excluding carboxylic acids is 2. The van der Waals surface area contributed by atoms with E-state index in [1.54, 1.807) is 13.8 Å². The van der Waals surface area contributed by atoms with Crippen molar-refractivity contribution < 1.29 is 39.0 Å². The van der Waals surface area contributed by atoms with Gasteiger partial charge in [-0.1, -0.05) is 0 Å². The van der Waals surface area contributed by atoms with E-state index in [0.717, 1.165) is 0 Å². The first-order valence-electron chi connectivity index (χ1n) is 15.3. The average molecular weight is 587 g/mol. The molecule has 41 heavy (non-hydrogen) atoms. The Labute approximate surface area is 247 Å². The summed E-state index contributed by atoms with van der Waals surface area (Å²) in [5, 5.41) is 23.7. The maximum atomic E-state index is 12.7. The van der Waals surface area contributed by atoms with Crippen LogP contribution in [0.3, 0.4) is 0 Å². The van der Waals surface area contributed by atoms with Gasteiger partial charge in [0.1, 0.15) is 24.4 Å². The van der Waals surface area contributed by atoms with Crippen molar-refractivity contribution >= 4 is 11.9 Å². The molecule has 0 aromatic heterocycles. The van der Waals surface area contributed by atoms with Crippen molar-refractivity contribution in [3.8, 4) is 0 Å². The van der Waals surface area contributed by atoms with Crippen molar-refractivity contribution in [3.63, 3.8) is 0 Å². The van der Waals surface area contributed by atoms with Crippen LogP contribution in [0.2, 0.25) is 0 Å². The number of hydrogen-bond donors (Lipinski definition) is 2. The van der Waals surface area contributed by atoms with Crippen molar-refractivity contribution in [3.05, 3.63) is 0 Å². The normalized spacial score (nSPS) is 26.1. The van der Waals surface area contributed by atoms with Crippen LogP contribution < -0.4 is 0 Å². The molecule has 2 aliphatic heterocycles. The molecule has 2 N–H and O–H groups in total. The summed E-state index contributed by atoms with van der Waals surface area (Å²) in [5.74, 6) is -0.637. The lowest BCUT2D eigenvalue weighted by Crippen LogP contribution is -2.63. The number of rotatable bonds is 12. The van der Waals surface area contributed by atoms with E-state index in [0.29, 0.717) is 32.1 Å². The number of hydrogen-bond acceptors (Lipinski definition) is 10. The molecule has 0 aliphatic carbocycles. The van der Waals surface area contributed by atoms with Gasteiger partial charge in [0.05, 0.1) is 12.2 Å². The van der Waals surface area contributed by atoms with Crippen molar-refractivity contribution in [1.82, 2.24) is 10.1 Å². The maximum absolute atomic E-state index is 12.7. The van der Waals surface area contributed by atoms with Crippen LogP contribution in [0, 0.1) is 0 Å². The Morgan fingerprint density at radius 2 is 0.902 bits per heavy atom. The highest BCUT2D eigenvalue weighted by Gasteiger charge is 2.50. The van der Waals surface area contributed by atoms with E-state index in [1.165, 1.54) is 0 Å². The van der Waals surface area contributed by atoms with E-state index in [4.69, 9.17) is 19.1 Å². The fraction of sp³-hybridized carbons (Fsp3) is 0.935. The first kappa shape index (κ1) is 35.9. The number of piperidine rings is 2. The van der Waals surface area contributed by atoms with Gasteiger partial charge in [0.15, 0.2) is 0 Å². The highest BCUT2D eigenvalue weighted by Crippen LogP contribution is 2.42. The van der Waals surface area contributed by atoms with E-state index in [-0.39, 0.29) is 49.2 Å². The minimum absolute atomic E-state index is 0.145. The van der Waals surface area contributed by atoms with Crippen LogP contribution in [-0.2, 0) is 28.7 Å². The average Bonchev–Trinajstić information content (AvgIpc) is 2.76. The molecule has 4 unspecified atom stereocenters. The van der Waals surface area contributed by atoms with Gasteiger partial charge in [0.25, 0.3) is 0 Å². The molecule has 0 saturated carbocycles. The molecule has 10 nitrogen and oxygen atoms in total. The summed E-state index contributed by atoms with van der Waals surface area (Å²) in [4.78, 5) is 37.7. The van der Waals surface area contributed by atoms with Gasteiger partial charge in [0, 0.05) is 60.7 Å². The number of aliphatic hydroxyl groups excluding tert-OH is 2. The molecule has 0 amide bonds. The summed E-state index contributed by atoms with van der Waals surface area (Å²) in [6, 6.07) is 0. The molecule has 2 heterocycles. The summed E-state index contributed by atoms with van der Waals surface area (Å²) < 4.78 is 11.7.